The Morgan fingerprint density at radius 3 is 2.31 bits per heavy atom. The van der Waals surface area contributed by atoms with Crippen LogP contribution in [0, 0.1) is 28.1 Å². The summed E-state index contributed by atoms with van der Waals surface area (Å²) in [6.45, 7) is 0. The molecule has 0 amide bonds. The molecule has 0 bridgehead atoms. The summed E-state index contributed by atoms with van der Waals surface area (Å²) in [6, 6.07) is 10.5. The molecule has 0 aromatic heterocycles. The Hall–Kier alpha value is -2.13. The van der Waals surface area contributed by atoms with Crippen LogP contribution in [0.2, 0.25) is 0 Å². The van der Waals surface area contributed by atoms with E-state index < -0.39 is 0 Å². The van der Waals surface area contributed by atoms with Crippen molar-refractivity contribution in [2.75, 3.05) is 0 Å². The SMILES string of the molecule is N#CCC(=N)c1ccc(C#N)cc1. The van der Waals surface area contributed by atoms with Crippen LogP contribution in [0.4, 0.5) is 0 Å². The largest absolute Gasteiger partial charge is 0.304 e. The van der Waals surface area contributed by atoms with E-state index in [1.54, 1.807) is 24.3 Å². The lowest BCUT2D eigenvalue weighted by Crippen LogP contribution is -1.96. The summed E-state index contributed by atoms with van der Waals surface area (Å²) < 4.78 is 0. The topological polar surface area (TPSA) is 71.4 Å². The summed E-state index contributed by atoms with van der Waals surface area (Å²) in [7, 11) is 0. The van der Waals surface area contributed by atoms with Crippen molar-refractivity contribution in [1.29, 1.82) is 15.9 Å². The molecule has 13 heavy (non-hydrogen) atoms. The number of benzene rings is 1. The van der Waals surface area contributed by atoms with Crippen LogP contribution in [-0.4, -0.2) is 5.71 Å². The van der Waals surface area contributed by atoms with Crippen LogP contribution < -0.4 is 0 Å². The van der Waals surface area contributed by atoms with Crippen LogP contribution in [0.1, 0.15) is 17.5 Å². The van der Waals surface area contributed by atoms with Crippen molar-refractivity contribution >= 4 is 5.71 Å². The molecule has 62 valence electrons. The van der Waals surface area contributed by atoms with Crippen molar-refractivity contribution in [2.45, 2.75) is 6.42 Å². The minimum absolute atomic E-state index is 0.103. The zero-order valence-electron chi connectivity index (χ0n) is 6.91. The molecule has 0 fully saturated rings. The van der Waals surface area contributed by atoms with Gasteiger partial charge in [0.15, 0.2) is 0 Å². The van der Waals surface area contributed by atoms with E-state index >= 15 is 0 Å². The highest BCUT2D eigenvalue weighted by molar-refractivity contribution is 5.99. The lowest BCUT2D eigenvalue weighted by atomic mass is 10.1. The minimum atomic E-state index is 0.103. The third kappa shape index (κ3) is 2.15. The van der Waals surface area contributed by atoms with Crippen LogP contribution in [0.3, 0.4) is 0 Å². The highest BCUT2D eigenvalue weighted by atomic mass is 14.4. The number of nitrogens with one attached hydrogen (secondary N) is 1. The van der Waals surface area contributed by atoms with Gasteiger partial charge in [0.1, 0.15) is 0 Å². The van der Waals surface area contributed by atoms with Crippen molar-refractivity contribution in [2.24, 2.45) is 0 Å². The summed E-state index contributed by atoms with van der Waals surface area (Å²) in [5.74, 6) is 0. The molecule has 0 spiro atoms. The van der Waals surface area contributed by atoms with E-state index in [-0.39, 0.29) is 12.1 Å². The smallest absolute Gasteiger partial charge is 0.0991 e. The van der Waals surface area contributed by atoms with Gasteiger partial charge in [0.2, 0.25) is 0 Å². The van der Waals surface area contributed by atoms with E-state index in [1.165, 1.54) is 0 Å². The summed E-state index contributed by atoms with van der Waals surface area (Å²) in [6.07, 6.45) is 0.103. The van der Waals surface area contributed by atoms with Gasteiger partial charge in [-0.1, -0.05) is 12.1 Å². The van der Waals surface area contributed by atoms with Crippen LogP contribution in [-0.2, 0) is 0 Å². The maximum Gasteiger partial charge on any atom is 0.0991 e. The predicted molar refractivity (Wildman–Crippen MR) is 48.2 cm³/mol. The average Bonchev–Trinajstić information content (AvgIpc) is 2.18. The van der Waals surface area contributed by atoms with Gasteiger partial charge in [0.25, 0.3) is 0 Å². The maximum absolute atomic E-state index is 8.51. The molecule has 0 atom stereocenters. The van der Waals surface area contributed by atoms with E-state index in [9.17, 15) is 0 Å². The van der Waals surface area contributed by atoms with Crippen molar-refractivity contribution < 1.29 is 0 Å². The van der Waals surface area contributed by atoms with Crippen molar-refractivity contribution in [1.82, 2.24) is 0 Å². The third-order valence-electron chi connectivity index (χ3n) is 1.62. The van der Waals surface area contributed by atoms with Gasteiger partial charge < -0.3 is 5.41 Å². The fourth-order valence-electron chi connectivity index (χ4n) is 0.927. The second-order valence-corrected chi connectivity index (χ2v) is 2.50. The summed E-state index contributed by atoms with van der Waals surface area (Å²) in [5, 5.41) is 24.3. The highest BCUT2D eigenvalue weighted by Gasteiger charge is 1.99. The van der Waals surface area contributed by atoms with Crippen LogP contribution >= 0.6 is 0 Å². The second-order valence-electron chi connectivity index (χ2n) is 2.50. The number of nitriles is 2. The van der Waals surface area contributed by atoms with Gasteiger partial charge in [0.05, 0.1) is 29.8 Å². The molecule has 1 aromatic rings. The first kappa shape index (κ1) is 8.96. The molecule has 0 saturated carbocycles. The molecule has 3 nitrogen and oxygen atoms in total. The van der Waals surface area contributed by atoms with Crippen LogP contribution in [0.5, 0.6) is 0 Å². The van der Waals surface area contributed by atoms with Crippen molar-refractivity contribution in [3.8, 4) is 12.1 Å². The molecule has 0 saturated heterocycles. The van der Waals surface area contributed by atoms with E-state index in [2.05, 4.69) is 0 Å². The van der Waals surface area contributed by atoms with Gasteiger partial charge in [-0.15, -0.1) is 0 Å². The maximum atomic E-state index is 8.51. The fraction of sp³-hybridized carbons (Fsp3) is 0.100. The van der Waals surface area contributed by atoms with E-state index in [4.69, 9.17) is 15.9 Å². The van der Waals surface area contributed by atoms with Gasteiger partial charge >= 0.3 is 0 Å². The van der Waals surface area contributed by atoms with Gasteiger partial charge in [-0.2, -0.15) is 10.5 Å². The number of rotatable bonds is 2. The van der Waals surface area contributed by atoms with Crippen molar-refractivity contribution in [3.63, 3.8) is 0 Å². The third-order valence-corrected chi connectivity index (χ3v) is 1.62. The molecular weight excluding hydrogens is 162 g/mol. The Balaban J connectivity index is 2.89. The minimum Gasteiger partial charge on any atom is -0.304 e. The molecule has 0 unspecified atom stereocenters. The lowest BCUT2D eigenvalue weighted by Gasteiger charge is -1.97. The molecule has 0 heterocycles. The number of hydrogen-bond donors (Lipinski definition) is 1. The zero-order valence-corrected chi connectivity index (χ0v) is 6.91. The number of nitrogens with zero attached hydrogens (tertiary/aromatic N) is 2. The Labute approximate surface area is 76.4 Å². The normalized spacial score (nSPS) is 8.46. The molecule has 0 aliphatic rings. The summed E-state index contributed by atoms with van der Waals surface area (Å²) in [5.41, 5.74) is 1.54. The second kappa shape index (κ2) is 4.04. The van der Waals surface area contributed by atoms with E-state index in [0.717, 1.165) is 0 Å². The van der Waals surface area contributed by atoms with Gasteiger partial charge in [0, 0.05) is 0 Å². The first-order chi connectivity index (χ1) is 6.27. The standard InChI is InChI=1S/C10H7N3/c11-6-5-10(13)9-3-1-8(7-12)2-4-9/h1-4,13H,5H2. The zero-order chi connectivity index (χ0) is 9.68. The molecule has 1 aromatic carbocycles. The molecule has 1 N–H and O–H groups in total. The summed E-state index contributed by atoms with van der Waals surface area (Å²) >= 11 is 0. The molecular formula is C10H7N3. The quantitative estimate of drug-likeness (QED) is 0.686. The molecule has 0 radical (unpaired) electrons. The predicted octanol–water partition coefficient (Wildman–Crippen LogP) is 1.84. The van der Waals surface area contributed by atoms with Gasteiger partial charge in [-0.25, -0.2) is 0 Å². The molecule has 0 aliphatic heterocycles. The Morgan fingerprint density at radius 2 is 1.85 bits per heavy atom. The Kier molecular flexibility index (Phi) is 2.78. The van der Waals surface area contributed by atoms with Crippen LogP contribution in [0.15, 0.2) is 24.3 Å². The molecule has 0 aliphatic carbocycles. The Morgan fingerprint density at radius 1 is 1.23 bits per heavy atom. The van der Waals surface area contributed by atoms with Gasteiger partial charge in [-0.05, 0) is 17.7 Å². The van der Waals surface area contributed by atoms with Crippen LogP contribution in [0.25, 0.3) is 0 Å². The van der Waals surface area contributed by atoms with Gasteiger partial charge in [-0.3, -0.25) is 0 Å². The number of hydrogen-bond acceptors (Lipinski definition) is 3. The monoisotopic (exact) mass is 169 g/mol. The van der Waals surface area contributed by atoms with E-state index in [1.807, 2.05) is 12.1 Å². The van der Waals surface area contributed by atoms with Crippen molar-refractivity contribution in [3.05, 3.63) is 35.4 Å². The lowest BCUT2D eigenvalue weighted by molar-refractivity contribution is 1.33. The Bertz CT molecular complexity index is 390. The molecule has 3 heteroatoms. The summed E-state index contributed by atoms with van der Waals surface area (Å²) in [4.78, 5) is 0. The highest BCUT2D eigenvalue weighted by Crippen LogP contribution is 2.05. The fourth-order valence-corrected chi connectivity index (χ4v) is 0.927. The molecule has 1 rings (SSSR count). The first-order valence-corrected chi connectivity index (χ1v) is 3.73. The van der Waals surface area contributed by atoms with E-state index in [0.29, 0.717) is 11.1 Å². The average molecular weight is 169 g/mol. The first-order valence-electron chi connectivity index (χ1n) is 3.73.